The number of hydrogen-bond donors (Lipinski definition) is 2. The average Bonchev–Trinajstić information content (AvgIpc) is 3.20. The van der Waals surface area contributed by atoms with E-state index < -0.39 is 20.0 Å². The van der Waals surface area contributed by atoms with Gasteiger partial charge in [0.25, 0.3) is 7.82 Å². The lowest BCUT2D eigenvalue weighted by molar-refractivity contribution is -0.870. The molecule has 1 amide bonds. The molecule has 0 aromatic rings. The van der Waals surface area contributed by atoms with Gasteiger partial charge >= 0.3 is 0 Å². The van der Waals surface area contributed by atoms with Crippen LogP contribution < -0.4 is 10.2 Å². The number of carbonyl (C=O) groups excluding carboxylic acids is 1. The van der Waals surface area contributed by atoms with E-state index in [4.69, 9.17) is 9.05 Å². The predicted molar refractivity (Wildman–Crippen MR) is 256 cm³/mol. The van der Waals surface area contributed by atoms with E-state index in [0.29, 0.717) is 23.9 Å². The molecule has 60 heavy (non-hydrogen) atoms. The van der Waals surface area contributed by atoms with Gasteiger partial charge in [-0.25, -0.2) is 0 Å². The Hall–Kier alpha value is -1.54. The molecule has 0 fully saturated rings. The highest BCUT2D eigenvalue weighted by atomic mass is 31.2. The van der Waals surface area contributed by atoms with Crippen molar-refractivity contribution < 1.29 is 32.9 Å². The van der Waals surface area contributed by atoms with Crippen LogP contribution in [-0.4, -0.2) is 68.5 Å². The van der Waals surface area contributed by atoms with Gasteiger partial charge in [0.05, 0.1) is 39.9 Å². The molecular formula is C51H97N2O6P. The lowest BCUT2D eigenvalue weighted by Gasteiger charge is -2.30. The summed E-state index contributed by atoms with van der Waals surface area (Å²) in [6.45, 7) is 4.61. The van der Waals surface area contributed by atoms with Crippen LogP contribution in [0.3, 0.4) is 0 Å². The molecule has 0 aliphatic carbocycles. The lowest BCUT2D eigenvalue weighted by Crippen LogP contribution is -2.46. The molecule has 3 atom stereocenters. The Labute approximate surface area is 371 Å². The van der Waals surface area contributed by atoms with E-state index in [9.17, 15) is 19.4 Å². The molecule has 352 valence electrons. The topological polar surface area (TPSA) is 108 Å². The van der Waals surface area contributed by atoms with Crippen LogP contribution in [-0.2, 0) is 18.4 Å². The molecule has 2 N–H and O–H groups in total. The van der Waals surface area contributed by atoms with E-state index in [2.05, 4.69) is 67.8 Å². The number of amides is 1. The third kappa shape index (κ3) is 44.5. The first-order valence-electron chi connectivity index (χ1n) is 25.0. The van der Waals surface area contributed by atoms with Crippen LogP contribution >= 0.6 is 7.82 Å². The number of unbranched alkanes of at least 4 members (excludes halogenated alkanes) is 24. The zero-order chi connectivity index (χ0) is 44.3. The van der Waals surface area contributed by atoms with Gasteiger partial charge in [-0.2, -0.15) is 0 Å². The first-order chi connectivity index (χ1) is 29.0. The highest BCUT2D eigenvalue weighted by Crippen LogP contribution is 2.38. The summed E-state index contributed by atoms with van der Waals surface area (Å²) in [5, 5.41) is 13.9. The number of nitrogens with one attached hydrogen (secondary N) is 1. The summed E-state index contributed by atoms with van der Waals surface area (Å²) in [4.78, 5) is 25.4. The molecule has 8 nitrogen and oxygen atoms in total. The minimum absolute atomic E-state index is 0.0109. The summed E-state index contributed by atoms with van der Waals surface area (Å²) in [6, 6.07) is -0.801. The van der Waals surface area contributed by atoms with Crippen molar-refractivity contribution in [1.29, 1.82) is 0 Å². The molecule has 0 spiro atoms. The standard InChI is InChI=1S/C51H97N2O6P/c1-6-8-10-12-14-16-18-20-21-22-23-24-25-26-27-28-29-30-31-33-35-37-39-41-43-45-51(55)52-49(48-59-60(56,57)58-47-46-53(3,4)5)50(54)44-42-40-38-36-34-32-19-17-15-13-11-9-7-2/h8,10,14,16,20-21,23-24,49-50,54H,6-7,9,11-13,15,17-19,22,25-48H2,1-5H3,(H-,52,55,56,57)/b10-8-,16-14-,21-20-,24-23-. The van der Waals surface area contributed by atoms with Gasteiger partial charge in [-0.1, -0.05) is 210 Å². The summed E-state index contributed by atoms with van der Waals surface area (Å²) in [7, 11) is 1.30. The number of phosphoric ester groups is 1. The van der Waals surface area contributed by atoms with Gasteiger partial charge in [-0.05, 0) is 51.4 Å². The molecule has 0 aliphatic rings. The van der Waals surface area contributed by atoms with Crippen LogP contribution in [0.4, 0.5) is 0 Å². The van der Waals surface area contributed by atoms with Crippen molar-refractivity contribution in [2.75, 3.05) is 40.9 Å². The Bertz CT molecular complexity index is 1120. The van der Waals surface area contributed by atoms with Gasteiger partial charge in [-0.15, -0.1) is 0 Å². The van der Waals surface area contributed by atoms with Gasteiger partial charge in [0.1, 0.15) is 13.2 Å². The first kappa shape index (κ1) is 58.5. The maximum atomic E-state index is 12.9. The molecular weight excluding hydrogens is 768 g/mol. The molecule has 0 heterocycles. The highest BCUT2D eigenvalue weighted by Gasteiger charge is 2.24. The van der Waals surface area contributed by atoms with Crippen LogP contribution in [0, 0.1) is 0 Å². The maximum Gasteiger partial charge on any atom is 0.268 e. The third-order valence-electron chi connectivity index (χ3n) is 11.1. The predicted octanol–water partition coefficient (Wildman–Crippen LogP) is 13.8. The van der Waals surface area contributed by atoms with Crippen molar-refractivity contribution in [1.82, 2.24) is 5.32 Å². The van der Waals surface area contributed by atoms with Gasteiger partial charge in [0.2, 0.25) is 5.91 Å². The number of phosphoric acid groups is 1. The number of allylic oxidation sites excluding steroid dienone is 8. The number of carbonyl (C=O) groups is 1. The Morgan fingerprint density at radius 1 is 0.600 bits per heavy atom. The second-order valence-electron chi connectivity index (χ2n) is 18.1. The van der Waals surface area contributed by atoms with Crippen LogP contribution in [0.5, 0.6) is 0 Å². The average molecular weight is 865 g/mol. The summed E-state index contributed by atoms with van der Waals surface area (Å²) >= 11 is 0. The second-order valence-corrected chi connectivity index (χ2v) is 19.6. The number of aliphatic hydroxyl groups is 1. The Balaban J connectivity index is 4.19. The zero-order valence-electron chi connectivity index (χ0n) is 39.9. The van der Waals surface area contributed by atoms with E-state index in [1.165, 1.54) is 128 Å². The second kappa shape index (κ2) is 42.7. The Morgan fingerprint density at radius 2 is 1.02 bits per heavy atom. The number of likely N-dealkylation sites (N-methyl/N-ethyl adjacent to an activating group) is 1. The fourth-order valence-electron chi connectivity index (χ4n) is 7.15. The highest BCUT2D eigenvalue weighted by molar-refractivity contribution is 7.45. The molecule has 0 saturated carbocycles. The quantitative estimate of drug-likeness (QED) is 0.0273. The van der Waals surface area contributed by atoms with Crippen molar-refractivity contribution >= 4 is 13.7 Å². The monoisotopic (exact) mass is 865 g/mol. The van der Waals surface area contributed by atoms with Crippen LogP contribution in [0.25, 0.3) is 0 Å². The molecule has 0 rings (SSSR count). The van der Waals surface area contributed by atoms with Gasteiger partial charge in [0, 0.05) is 6.42 Å². The molecule has 0 bridgehead atoms. The molecule has 0 aliphatic heterocycles. The molecule has 0 aromatic heterocycles. The zero-order valence-corrected chi connectivity index (χ0v) is 40.8. The Morgan fingerprint density at radius 3 is 1.48 bits per heavy atom. The fraction of sp³-hybridized carbons (Fsp3) is 0.824. The number of nitrogens with zero attached hydrogens (tertiary/aromatic N) is 1. The molecule has 0 radical (unpaired) electrons. The molecule has 3 unspecified atom stereocenters. The van der Waals surface area contributed by atoms with E-state index in [-0.39, 0.29) is 19.1 Å². The smallest absolute Gasteiger partial charge is 0.268 e. The molecule has 0 saturated heterocycles. The normalized spacial score (nSPS) is 14.6. The van der Waals surface area contributed by atoms with E-state index in [1.54, 1.807) is 0 Å². The van der Waals surface area contributed by atoms with Crippen molar-refractivity contribution in [3.8, 4) is 0 Å². The number of hydrogen-bond acceptors (Lipinski definition) is 6. The molecule has 9 heteroatoms. The number of rotatable bonds is 45. The van der Waals surface area contributed by atoms with Crippen molar-refractivity contribution in [2.45, 2.75) is 231 Å². The van der Waals surface area contributed by atoms with Crippen molar-refractivity contribution in [3.63, 3.8) is 0 Å². The van der Waals surface area contributed by atoms with E-state index in [0.717, 1.165) is 64.2 Å². The van der Waals surface area contributed by atoms with Gasteiger partial charge in [-0.3, -0.25) is 9.36 Å². The van der Waals surface area contributed by atoms with Crippen LogP contribution in [0.1, 0.15) is 219 Å². The fourth-order valence-corrected chi connectivity index (χ4v) is 7.87. The van der Waals surface area contributed by atoms with Gasteiger partial charge in [0.15, 0.2) is 0 Å². The summed E-state index contributed by atoms with van der Waals surface area (Å²) in [5.74, 6) is -0.168. The van der Waals surface area contributed by atoms with Crippen molar-refractivity contribution in [2.24, 2.45) is 0 Å². The van der Waals surface area contributed by atoms with E-state index >= 15 is 0 Å². The minimum atomic E-state index is -4.57. The summed E-state index contributed by atoms with van der Waals surface area (Å²) in [6.07, 6.45) is 54.1. The van der Waals surface area contributed by atoms with Crippen LogP contribution in [0.15, 0.2) is 48.6 Å². The summed E-state index contributed by atoms with van der Waals surface area (Å²) < 4.78 is 23.3. The molecule has 0 aromatic carbocycles. The van der Waals surface area contributed by atoms with E-state index in [1.807, 2.05) is 21.1 Å². The third-order valence-corrected chi connectivity index (χ3v) is 12.0. The van der Waals surface area contributed by atoms with Crippen LogP contribution in [0.2, 0.25) is 0 Å². The van der Waals surface area contributed by atoms with Gasteiger partial charge < -0.3 is 28.8 Å². The minimum Gasteiger partial charge on any atom is -0.756 e. The summed E-state index contributed by atoms with van der Waals surface area (Å²) in [5.41, 5.74) is 0. The number of aliphatic hydroxyl groups excluding tert-OH is 1. The lowest BCUT2D eigenvalue weighted by atomic mass is 10.0. The first-order valence-corrected chi connectivity index (χ1v) is 26.4. The maximum absolute atomic E-state index is 12.9. The SMILES string of the molecule is CC/C=C\C/C=C\C/C=C\C/C=C\CCCCCCCCCCCCCCC(=O)NC(COP(=O)([O-])OCC[N+](C)(C)C)C(O)CCCCCCCCCCCCCCC. The Kier molecular flexibility index (Phi) is 41.6. The largest absolute Gasteiger partial charge is 0.756 e. The van der Waals surface area contributed by atoms with Crippen molar-refractivity contribution in [3.05, 3.63) is 48.6 Å². The number of quaternary nitrogens is 1.